The maximum atomic E-state index is 12.8. The molecule has 6 heteroatoms. The second kappa shape index (κ2) is 50.8. The lowest BCUT2D eigenvalue weighted by Gasteiger charge is -2.18. The summed E-state index contributed by atoms with van der Waals surface area (Å²) in [5.74, 6) is 0.853. The van der Waals surface area contributed by atoms with Crippen molar-refractivity contribution in [3.8, 4) is 0 Å². The maximum absolute atomic E-state index is 12.8. The number of hydrogen-bond acceptors (Lipinski definition) is 6. The summed E-state index contributed by atoms with van der Waals surface area (Å²) in [6.45, 7) is 11.4. The lowest BCUT2D eigenvalue weighted by Crippen LogP contribution is -2.30. The topological polar surface area (TPSA) is 78.9 Å². The van der Waals surface area contributed by atoms with Gasteiger partial charge in [-0.3, -0.25) is 14.4 Å². The Hall–Kier alpha value is -1.59. The summed E-state index contributed by atoms with van der Waals surface area (Å²) in [7, 11) is 0. The first-order valence-corrected chi connectivity index (χ1v) is 28.8. The van der Waals surface area contributed by atoms with Gasteiger partial charge in [0, 0.05) is 19.3 Å². The predicted molar refractivity (Wildman–Crippen MR) is 275 cm³/mol. The number of carbonyl (C=O) groups excluding carboxylic acids is 3. The van der Waals surface area contributed by atoms with Crippen molar-refractivity contribution >= 4 is 17.9 Å². The Bertz CT molecular complexity index is 980. The number of ether oxygens (including phenoxy) is 3. The van der Waals surface area contributed by atoms with E-state index in [9.17, 15) is 14.4 Å². The van der Waals surface area contributed by atoms with Crippen LogP contribution in [0.4, 0.5) is 0 Å². The number of esters is 3. The lowest BCUT2D eigenvalue weighted by molar-refractivity contribution is -0.167. The van der Waals surface area contributed by atoms with Gasteiger partial charge in [0.25, 0.3) is 0 Å². The lowest BCUT2D eigenvalue weighted by atomic mass is 9.99. The summed E-state index contributed by atoms with van der Waals surface area (Å²) in [6.07, 6.45) is 53.7. The highest BCUT2D eigenvalue weighted by atomic mass is 16.6. The van der Waals surface area contributed by atoms with E-state index in [1.807, 2.05) is 0 Å². The molecule has 64 heavy (non-hydrogen) atoms. The highest BCUT2D eigenvalue weighted by molar-refractivity contribution is 5.71. The predicted octanol–water partition coefficient (Wildman–Crippen LogP) is 18.9. The minimum absolute atomic E-state index is 0.0630. The van der Waals surface area contributed by atoms with Gasteiger partial charge in [-0.1, -0.05) is 285 Å². The van der Waals surface area contributed by atoms with Crippen LogP contribution in [-0.4, -0.2) is 37.2 Å². The van der Waals surface area contributed by atoms with Crippen molar-refractivity contribution in [1.29, 1.82) is 0 Å². The third-order valence-electron chi connectivity index (χ3n) is 13.6. The van der Waals surface area contributed by atoms with Crippen molar-refractivity contribution < 1.29 is 28.6 Å². The average Bonchev–Trinajstić information content (AvgIpc) is 3.28. The summed E-state index contributed by atoms with van der Waals surface area (Å²) in [6, 6.07) is 0. The van der Waals surface area contributed by atoms with E-state index >= 15 is 0 Å². The van der Waals surface area contributed by atoms with Gasteiger partial charge in [0.2, 0.25) is 0 Å². The third-order valence-corrected chi connectivity index (χ3v) is 13.6. The van der Waals surface area contributed by atoms with Crippen LogP contribution >= 0.6 is 0 Å². The Balaban J connectivity index is 4.29. The zero-order chi connectivity index (χ0) is 46.8. The molecule has 0 aromatic heterocycles. The Kier molecular flexibility index (Phi) is 49.6. The largest absolute Gasteiger partial charge is 0.462 e. The summed E-state index contributed by atoms with van der Waals surface area (Å²) >= 11 is 0. The fourth-order valence-electron chi connectivity index (χ4n) is 8.84. The van der Waals surface area contributed by atoms with E-state index in [4.69, 9.17) is 14.2 Å². The quantitative estimate of drug-likeness (QED) is 0.0344. The minimum atomic E-state index is -0.763. The van der Waals surface area contributed by atoms with Gasteiger partial charge < -0.3 is 14.2 Å². The number of unbranched alkanes of at least 4 members (excludes halogenated alkanes) is 36. The highest BCUT2D eigenvalue weighted by Gasteiger charge is 2.19. The van der Waals surface area contributed by atoms with Crippen LogP contribution in [-0.2, 0) is 28.6 Å². The molecule has 0 saturated carbocycles. The second-order valence-corrected chi connectivity index (χ2v) is 20.6. The van der Waals surface area contributed by atoms with Gasteiger partial charge in [-0.25, -0.2) is 0 Å². The first-order chi connectivity index (χ1) is 31.3. The standard InChI is InChI=1S/C58H112O6/c1-6-8-9-10-11-12-13-14-15-16-17-18-19-22-28-33-38-43-48-56(59)62-51-55(64-58(61)50-45-40-35-30-23-20-21-26-31-36-41-46-53(3)4)52-63-57(60)49-44-39-34-29-25-24-27-32-37-42-47-54(5)7-2/h53-55H,6-52H2,1-5H3/t54?,55-/m1/s1. The zero-order valence-electron chi connectivity index (χ0n) is 43.9. The summed E-state index contributed by atoms with van der Waals surface area (Å²) < 4.78 is 16.9. The molecule has 6 nitrogen and oxygen atoms in total. The summed E-state index contributed by atoms with van der Waals surface area (Å²) in [5.41, 5.74) is 0. The molecular weight excluding hydrogens is 793 g/mol. The van der Waals surface area contributed by atoms with Gasteiger partial charge in [0.1, 0.15) is 13.2 Å². The molecule has 0 rings (SSSR count). The van der Waals surface area contributed by atoms with Crippen molar-refractivity contribution in [1.82, 2.24) is 0 Å². The fraction of sp³-hybridized carbons (Fsp3) is 0.948. The molecule has 0 aliphatic rings. The van der Waals surface area contributed by atoms with Gasteiger partial charge in [0.05, 0.1) is 0 Å². The third kappa shape index (κ3) is 49.8. The van der Waals surface area contributed by atoms with Crippen LogP contribution in [0.2, 0.25) is 0 Å². The molecule has 0 aliphatic carbocycles. The Morgan fingerprint density at radius 2 is 0.594 bits per heavy atom. The average molecular weight is 906 g/mol. The smallest absolute Gasteiger partial charge is 0.306 e. The Morgan fingerprint density at radius 3 is 0.891 bits per heavy atom. The highest BCUT2D eigenvalue weighted by Crippen LogP contribution is 2.18. The van der Waals surface area contributed by atoms with E-state index < -0.39 is 6.10 Å². The summed E-state index contributed by atoms with van der Waals surface area (Å²) in [5, 5.41) is 0. The number of carbonyl (C=O) groups is 3. The van der Waals surface area contributed by atoms with Crippen molar-refractivity contribution in [2.45, 2.75) is 330 Å². The van der Waals surface area contributed by atoms with E-state index in [0.717, 1.165) is 69.6 Å². The van der Waals surface area contributed by atoms with Crippen LogP contribution in [0.1, 0.15) is 324 Å². The van der Waals surface area contributed by atoms with Crippen molar-refractivity contribution in [3.63, 3.8) is 0 Å². The molecule has 0 bridgehead atoms. The number of hydrogen-bond donors (Lipinski definition) is 0. The molecule has 1 unspecified atom stereocenters. The van der Waals surface area contributed by atoms with Gasteiger partial charge >= 0.3 is 17.9 Å². The molecule has 0 aromatic carbocycles. The van der Waals surface area contributed by atoms with Gasteiger partial charge in [-0.05, 0) is 31.1 Å². The van der Waals surface area contributed by atoms with E-state index in [0.29, 0.717) is 19.3 Å². The van der Waals surface area contributed by atoms with Crippen LogP contribution < -0.4 is 0 Å². The van der Waals surface area contributed by atoms with Gasteiger partial charge in [-0.15, -0.1) is 0 Å². The Morgan fingerprint density at radius 1 is 0.328 bits per heavy atom. The molecule has 0 N–H and O–H groups in total. The second-order valence-electron chi connectivity index (χ2n) is 20.6. The molecule has 2 atom stereocenters. The van der Waals surface area contributed by atoms with Crippen LogP contribution in [0.3, 0.4) is 0 Å². The van der Waals surface area contributed by atoms with E-state index in [1.54, 1.807) is 0 Å². The van der Waals surface area contributed by atoms with Crippen LogP contribution in [0.5, 0.6) is 0 Å². The fourth-order valence-corrected chi connectivity index (χ4v) is 8.84. The molecule has 0 heterocycles. The number of rotatable bonds is 52. The maximum Gasteiger partial charge on any atom is 0.306 e. The molecule has 0 fully saturated rings. The van der Waals surface area contributed by atoms with E-state index in [2.05, 4.69) is 34.6 Å². The van der Waals surface area contributed by atoms with Crippen molar-refractivity contribution in [3.05, 3.63) is 0 Å². The minimum Gasteiger partial charge on any atom is -0.462 e. The molecule has 0 radical (unpaired) electrons. The molecule has 0 aliphatic heterocycles. The molecule has 380 valence electrons. The normalized spacial score (nSPS) is 12.5. The molecule has 0 amide bonds. The van der Waals surface area contributed by atoms with Crippen LogP contribution in [0.25, 0.3) is 0 Å². The zero-order valence-corrected chi connectivity index (χ0v) is 43.9. The van der Waals surface area contributed by atoms with E-state index in [1.165, 1.54) is 212 Å². The SMILES string of the molecule is CCCCCCCCCCCCCCCCCCCCC(=O)OC[C@H](COC(=O)CCCCCCCCCCCCC(C)CC)OC(=O)CCCCCCCCCCCCCC(C)C. The molecular formula is C58H112O6. The van der Waals surface area contributed by atoms with Crippen LogP contribution in [0.15, 0.2) is 0 Å². The van der Waals surface area contributed by atoms with E-state index in [-0.39, 0.29) is 31.1 Å². The first kappa shape index (κ1) is 62.4. The monoisotopic (exact) mass is 905 g/mol. The van der Waals surface area contributed by atoms with Crippen molar-refractivity contribution in [2.75, 3.05) is 13.2 Å². The Labute approximate surface area is 399 Å². The van der Waals surface area contributed by atoms with Crippen LogP contribution in [0, 0.1) is 11.8 Å². The summed E-state index contributed by atoms with van der Waals surface area (Å²) in [4.78, 5) is 38.1. The first-order valence-electron chi connectivity index (χ1n) is 28.8. The molecule has 0 spiro atoms. The van der Waals surface area contributed by atoms with Crippen molar-refractivity contribution in [2.24, 2.45) is 11.8 Å². The molecule has 0 aromatic rings. The van der Waals surface area contributed by atoms with Gasteiger partial charge in [-0.2, -0.15) is 0 Å². The van der Waals surface area contributed by atoms with Gasteiger partial charge in [0.15, 0.2) is 6.10 Å². The molecule has 0 saturated heterocycles.